The minimum Gasteiger partial charge on any atom is -0.458 e. The summed E-state index contributed by atoms with van der Waals surface area (Å²) in [6, 6.07) is 0. The van der Waals surface area contributed by atoms with Gasteiger partial charge in [-0.2, -0.15) is 0 Å². The number of ether oxygens (including phenoxy) is 1. The van der Waals surface area contributed by atoms with Crippen molar-refractivity contribution < 1.29 is 19.7 Å². The van der Waals surface area contributed by atoms with E-state index in [0.717, 1.165) is 56.9 Å². The predicted octanol–water partition coefficient (Wildman–Crippen LogP) is 3.60. The number of fused-ring (bicyclic) bond motifs is 5. The lowest BCUT2D eigenvalue weighted by Crippen LogP contribution is -2.62. The second-order valence-electron chi connectivity index (χ2n) is 10.7. The maximum absolute atomic E-state index is 12.1. The first-order valence-electron chi connectivity index (χ1n) is 11.1. The van der Waals surface area contributed by atoms with E-state index in [1.165, 1.54) is 6.42 Å². The molecular formula is C23H34O4. The molecule has 0 aromatic rings. The van der Waals surface area contributed by atoms with Crippen LogP contribution in [0.5, 0.6) is 0 Å². The summed E-state index contributed by atoms with van der Waals surface area (Å²) in [6.45, 7) is 5.15. The zero-order valence-electron chi connectivity index (χ0n) is 16.7. The Labute approximate surface area is 162 Å². The highest BCUT2D eigenvalue weighted by atomic mass is 16.5. The van der Waals surface area contributed by atoms with E-state index in [-0.39, 0.29) is 28.8 Å². The average Bonchev–Trinajstić information content (AvgIpc) is 3.16. The molecule has 4 aliphatic carbocycles. The summed E-state index contributed by atoms with van der Waals surface area (Å²) in [7, 11) is 0. The van der Waals surface area contributed by atoms with Crippen LogP contribution in [0.2, 0.25) is 0 Å². The molecule has 2 N–H and O–H groups in total. The average molecular weight is 375 g/mol. The van der Waals surface area contributed by atoms with Gasteiger partial charge < -0.3 is 14.9 Å². The van der Waals surface area contributed by atoms with Crippen molar-refractivity contribution in [1.82, 2.24) is 0 Å². The van der Waals surface area contributed by atoms with Crippen molar-refractivity contribution in [3.05, 3.63) is 11.6 Å². The number of hydrogen-bond acceptors (Lipinski definition) is 4. The van der Waals surface area contributed by atoms with Crippen LogP contribution in [-0.4, -0.2) is 34.5 Å². The van der Waals surface area contributed by atoms with Gasteiger partial charge >= 0.3 is 5.97 Å². The highest BCUT2D eigenvalue weighted by Crippen LogP contribution is 2.69. The van der Waals surface area contributed by atoms with Crippen molar-refractivity contribution >= 4 is 5.97 Å². The Kier molecular flexibility index (Phi) is 3.92. The van der Waals surface area contributed by atoms with Crippen LogP contribution in [0.3, 0.4) is 0 Å². The van der Waals surface area contributed by atoms with Gasteiger partial charge in [-0.05, 0) is 92.4 Å². The van der Waals surface area contributed by atoms with Crippen LogP contribution in [0, 0.1) is 34.5 Å². The van der Waals surface area contributed by atoms with Crippen molar-refractivity contribution in [2.24, 2.45) is 34.5 Å². The van der Waals surface area contributed by atoms with Crippen molar-refractivity contribution in [2.45, 2.75) is 83.3 Å². The van der Waals surface area contributed by atoms with E-state index in [4.69, 9.17) is 4.74 Å². The molecule has 5 rings (SSSR count). The topological polar surface area (TPSA) is 66.8 Å². The Balaban J connectivity index is 1.47. The van der Waals surface area contributed by atoms with Crippen LogP contribution in [-0.2, 0) is 9.53 Å². The molecule has 4 heteroatoms. The van der Waals surface area contributed by atoms with Gasteiger partial charge in [-0.3, -0.25) is 0 Å². The maximum atomic E-state index is 12.1. The smallest absolute Gasteiger partial charge is 0.331 e. The Bertz CT molecular complexity index is 686. The lowest BCUT2D eigenvalue weighted by molar-refractivity contribution is -0.208. The van der Waals surface area contributed by atoms with Crippen LogP contribution < -0.4 is 0 Å². The number of rotatable bonds is 1. The molecule has 7 unspecified atom stereocenters. The summed E-state index contributed by atoms with van der Waals surface area (Å²) in [5, 5.41) is 22.3. The molecule has 1 aliphatic heterocycles. The largest absolute Gasteiger partial charge is 0.458 e. The normalized spacial score (nSPS) is 54.6. The maximum Gasteiger partial charge on any atom is 0.331 e. The lowest BCUT2D eigenvalue weighted by Gasteiger charge is -2.63. The van der Waals surface area contributed by atoms with Gasteiger partial charge in [0.25, 0.3) is 0 Å². The summed E-state index contributed by atoms with van der Waals surface area (Å²) < 4.78 is 5.20. The molecule has 0 bridgehead atoms. The second-order valence-corrected chi connectivity index (χ2v) is 10.7. The van der Waals surface area contributed by atoms with E-state index >= 15 is 0 Å². The molecule has 27 heavy (non-hydrogen) atoms. The Hall–Kier alpha value is -0.870. The van der Waals surface area contributed by atoms with E-state index in [1.807, 2.05) is 0 Å². The highest BCUT2D eigenvalue weighted by molar-refractivity contribution is 5.85. The molecule has 0 radical (unpaired) electrons. The van der Waals surface area contributed by atoms with Crippen molar-refractivity contribution in [1.29, 1.82) is 0 Å². The molecule has 8 atom stereocenters. The minimum absolute atomic E-state index is 0.126. The van der Waals surface area contributed by atoms with Crippen LogP contribution in [0.1, 0.15) is 71.6 Å². The molecule has 4 nitrogen and oxygen atoms in total. The summed E-state index contributed by atoms with van der Waals surface area (Å²) in [5.41, 5.74) is 0.600. The van der Waals surface area contributed by atoms with Gasteiger partial charge in [-0.1, -0.05) is 13.8 Å². The zero-order chi connectivity index (χ0) is 19.0. The number of carbonyl (C=O) groups excluding carboxylic acids is 1. The number of aliphatic hydroxyl groups excluding tert-OH is 1. The first-order chi connectivity index (χ1) is 12.8. The molecule has 0 aromatic heterocycles. The van der Waals surface area contributed by atoms with Gasteiger partial charge in [-0.15, -0.1) is 0 Å². The van der Waals surface area contributed by atoms with E-state index in [9.17, 15) is 15.0 Å². The monoisotopic (exact) mass is 374 g/mol. The van der Waals surface area contributed by atoms with Crippen LogP contribution in [0.4, 0.5) is 0 Å². The molecule has 5 aliphatic rings. The van der Waals surface area contributed by atoms with Crippen molar-refractivity contribution in [3.8, 4) is 0 Å². The van der Waals surface area contributed by atoms with Gasteiger partial charge in [-0.25, -0.2) is 4.79 Å². The van der Waals surface area contributed by atoms with Gasteiger partial charge in [0.1, 0.15) is 6.61 Å². The van der Waals surface area contributed by atoms with E-state index < -0.39 is 5.60 Å². The fraction of sp³-hybridized carbons (Fsp3) is 0.870. The first-order valence-corrected chi connectivity index (χ1v) is 11.1. The summed E-state index contributed by atoms with van der Waals surface area (Å²) >= 11 is 0. The fourth-order valence-electron chi connectivity index (χ4n) is 8.39. The summed E-state index contributed by atoms with van der Waals surface area (Å²) in [5.74, 6) is 1.59. The van der Waals surface area contributed by atoms with Gasteiger partial charge in [0.15, 0.2) is 0 Å². The SMILES string of the molecule is CC12CC[C@H](O)CC1CCC1C2CCC2(C)C(C3=CC(=O)OC3)CCC12O. The third kappa shape index (κ3) is 2.32. The number of carbonyl (C=O) groups is 1. The molecule has 1 heterocycles. The Morgan fingerprint density at radius 2 is 1.85 bits per heavy atom. The van der Waals surface area contributed by atoms with Crippen LogP contribution in [0.15, 0.2) is 11.6 Å². The third-order valence-electron chi connectivity index (χ3n) is 9.96. The number of cyclic esters (lactones) is 1. The number of hydrogen-bond donors (Lipinski definition) is 2. The van der Waals surface area contributed by atoms with E-state index in [1.54, 1.807) is 6.08 Å². The van der Waals surface area contributed by atoms with E-state index in [0.29, 0.717) is 24.4 Å². The van der Waals surface area contributed by atoms with Crippen molar-refractivity contribution in [3.63, 3.8) is 0 Å². The molecule has 0 spiro atoms. The number of aliphatic hydroxyl groups is 2. The number of esters is 1. The first kappa shape index (κ1) is 18.2. The quantitative estimate of drug-likeness (QED) is 0.688. The lowest BCUT2D eigenvalue weighted by atomic mass is 9.43. The van der Waals surface area contributed by atoms with Gasteiger partial charge in [0.2, 0.25) is 0 Å². The third-order valence-corrected chi connectivity index (χ3v) is 9.96. The molecule has 0 saturated heterocycles. The second kappa shape index (κ2) is 5.82. The standard InChI is InChI=1S/C23H34O4/c1-21-8-5-16(24)12-15(21)3-4-19-18(21)6-9-22(2)17(7-10-23(19,22)26)14-11-20(25)27-13-14/h11,15-19,24,26H,3-10,12-13H2,1-2H3/t15?,16-,17?,18?,19?,21?,22?,23?/m0/s1. The highest BCUT2D eigenvalue weighted by Gasteiger charge is 2.67. The summed E-state index contributed by atoms with van der Waals surface area (Å²) in [4.78, 5) is 11.6. The fourth-order valence-corrected chi connectivity index (χ4v) is 8.39. The van der Waals surface area contributed by atoms with Crippen LogP contribution in [0.25, 0.3) is 0 Å². The molecule has 4 saturated carbocycles. The Morgan fingerprint density at radius 1 is 1.04 bits per heavy atom. The minimum atomic E-state index is -0.628. The predicted molar refractivity (Wildman–Crippen MR) is 102 cm³/mol. The summed E-state index contributed by atoms with van der Waals surface area (Å²) in [6.07, 6.45) is 10.8. The zero-order valence-corrected chi connectivity index (χ0v) is 16.7. The molecule has 0 amide bonds. The molecule has 0 aromatic carbocycles. The molecular weight excluding hydrogens is 340 g/mol. The Morgan fingerprint density at radius 3 is 2.59 bits per heavy atom. The van der Waals surface area contributed by atoms with Crippen molar-refractivity contribution in [2.75, 3.05) is 6.61 Å². The van der Waals surface area contributed by atoms with Crippen LogP contribution >= 0.6 is 0 Å². The van der Waals surface area contributed by atoms with E-state index in [2.05, 4.69) is 13.8 Å². The van der Waals surface area contributed by atoms with Gasteiger partial charge in [0, 0.05) is 11.5 Å². The van der Waals surface area contributed by atoms with Gasteiger partial charge in [0.05, 0.1) is 11.7 Å². The molecule has 150 valence electrons. The molecule has 4 fully saturated rings.